The van der Waals surface area contributed by atoms with E-state index in [1.54, 1.807) is 12.1 Å². The van der Waals surface area contributed by atoms with Gasteiger partial charge in [0.05, 0.1) is 0 Å². The van der Waals surface area contributed by atoms with Gasteiger partial charge in [-0.05, 0) is 12.0 Å². The molecule has 2 aromatic rings. The highest BCUT2D eigenvalue weighted by Crippen LogP contribution is 2.27. The number of hydrogen-bond acceptors (Lipinski definition) is 2. The molecule has 3 heteroatoms. The molecule has 84 valence electrons. The summed E-state index contributed by atoms with van der Waals surface area (Å²) in [6.07, 6.45) is 0.649. The molecule has 0 aliphatic heterocycles. The highest BCUT2D eigenvalue weighted by molar-refractivity contribution is 6.03. The van der Waals surface area contributed by atoms with E-state index in [-0.39, 0.29) is 0 Å². The molecule has 0 saturated carbocycles. The first-order valence-corrected chi connectivity index (χ1v) is 5.33. The number of carboxylic acids is 1. The Kier molecular flexibility index (Phi) is 2.69. The number of carbonyl (C=O) groups is 1. The Morgan fingerprint density at radius 2 is 2.06 bits per heavy atom. The van der Waals surface area contributed by atoms with Crippen molar-refractivity contribution in [1.82, 2.24) is 0 Å². The monoisotopic (exact) mass is 218 g/mol. The van der Waals surface area contributed by atoms with E-state index in [2.05, 4.69) is 0 Å². The number of hydrogen-bond donors (Lipinski definition) is 1. The molecule has 0 unspecified atom stereocenters. The second kappa shape index (κ2) is 4.00. The number of furan rings is 1. The molecule has 0 atom stereocenters. The predicted octanol–water partition coefficient (Wildman–Crippen LogP) is 3.33. The van der Waals surface area contributed by atoms with Crippen molar-refractivity contribution in [2.45, 2.75) is 20.3 Å². The van der Waals surface area contributed by atoms with Gasteiger partial charge in [0.1, 0.15) is 16.9 Å². The molecule has 1 aromatic carbocycles. The Morgan fingerprint density at radius 1 is 1.38 bits per heavy atom. The lowest BCUT2D eigenvalue weighted by Gasteiger charge is -2.01. The summed E-state index contributed by atoms with van der Waals surface area (Å²) in [6.45, 7) is 4.08. The first-order chi connectivity index (χ1) is 7.59. The maximum atomic E-state index is 11.2. The number of benzene rings is 1. The molecular formula is C13H14O3. The van der Waals surface area contributed by atoms with Gasteiger partial charge in [0.25, 0.3) is 0 Å². The predicted molar refractivity (Wildman–Crippen MR) is 61.7 cm³/mol. The lowest BCUT2D eigenvalue weighted by atomic mass is 10.0. The highest BCUT2D eigenvalue weighted by Gasteiger charge is 2.20. The lowest BCUT2D eigenvalue weighted by Crippen LogP contribution is -2.02. The zero-order chi connectivity index (χ0) is 11.7. The molecule has 0 fully saturated rings. The largest absolute Gasteiger partial charge is 0.478 e. The minimum atomic E-state index is -0.916. The van der Waals surface area contributed by atoms with Crippen LogP contribution in [0.1, 0.15) is 30.0 Å². The van der Waals surface area contributed by atoms with Crippen LogP contribution in [0, 0.1) is 5.92 Å². The summed E-state index contributed by atoms with van der Waals surface area (Å²) < 4.78 is 5.59. The standard InChI is InChI=1S/C13H14O3/c1-8(2)7-11-12(13(14)15)9-5-3-4-6-10(9)16-11/h3-6,8H,7H2,1-2H3,(H,14,15). The molecular weight excluding hydrogens is 204 g/mol. The van der Waals surface area contributed by atoms with Crippen LogP contribution in [0.4, 0.5) is 0 Å². The van der Waals surface area contributed by atoms with Crippen LogP contribution >= 0.6 is 0 Å². The van der Waals surface area contributed by atoms with Crippen molar-refractivity contribution in [1.29, 1.82) is 0 Å². The third-order valence-corrected chi connectivity index (χ3v) is 2.48. The topological polar surface area (TPSA) is 50.4 Å². The van der Waals surface area contributed by atoms with Gasteiger partial charge in [-0.1, -0.05) is 32.0 Å². The molecule has 2 rings (SSSR count). The lowest BCUT2D eigenvalue weighted by molar-refractivity contribution is 0.0696. The average molecular weight is 218 g/mol. The smallest absolute Gasteiger partial charge is 0.339 e. The van der Waals surface area contributed by atoms with Crippen molar-refractivity contribution in [3.63, 3.8) is 0 Å². The molecule has 1 N–H and O–H groups in total. The summed E-state index contributed by atoms with van der Waals surface area (Å²) >= 11 is 0. The third kappa shape index (κ3) is 1.81. The Morgan fingerprint density at radius 3 is 2.69 bits per heavy atom. The van der Waals surface area contributed by atoms with Crippen molar-refractivity contribution >= 4 is 16.9 Å². The fraction of sp³-hybridized carbons (Fsp3) is 0.308. The fourth-order valence-corrected chi connectivity index (χ4v) is 1.85. The number of aromatic carboxylic acids is 1. The van der Waals surface area contributed by atoms with E-state index in [9.17, 15) is 9.90 Å². The van der Waals surface area contributed by atoms with Crippen molar-refractivity contribution in [3.8, 4) is 0 Å². The molecule has 1 aromatic heterocycles. The maximum Gasteiger partial charge on any atom is 0.339 e. The Labute approximate surface area is 93.7 Å². The zero-order valence-corrected chi connectivity index (χ0v) is 9.36. The van der Waals surface area contributed by atoms with E-state index in [0.29, 0.717) is 34.6 Å². The van der Waals surface area contributed by atoms with Gasteiger partial charge in [-0.15, -0.1) is 0 Å². The minimum Gasteiger partial charge on any atom is -0.478 e. The van der Waals surface area contributed by atoms with E-state index in [0.717, 1.165) is 0 Å². The van der Waals surface area contributed by atoms with Gasteiger partial charge in [-0.3, -0.25) is 0 Å². The Hall–Kier alpha value is -1.77. The number of rotatable bonds is 3. The summed E-state index contributed by atoms with van der Waals surface area (Å²) in [5, 5.41) is 9.89. The molecule has 0 bridgehead atoms. The van der Waals surface area contributed by atoms with Crippen LogP contribution < -0.4 is 0 Å². The maximum absolute atomic E-state index is 11.2. The zero-order valence-electron chi connectivity index (χ0n) is 9.36. The summed E-state index contributed by atoms with van der Waals surface area (Å²) in [7, 11) is 0. The van der Waals surface area contributed by atoms with Gasteiger partial charge in [0, 0.05) is 11.8 Å². The summed E-state index contributed by atoms with van der Waals surface area (Å²) in [5.41, 5.74) is 0.958. The first kappa shape index (κ1) is 10.7. The molecule has 0 saturated heterocycles. The first-order valence-electron chi connectivity index (χ1n) is 5.33. The van der Waals surface area contributed by atoms with Gasteiger partial charge in [-0.25, -0.2) is 4.79 Å². The van der Waals surface area contributed by atoms with Gasteiger partial charge in [0.2, 0.25) is 0 Å². The van der Waals surface area contributed by atoms with E-state index < -0.39 is 5.97 Å². The average Bonchev–Trinajstić information content (AvgIpc) is 2.53. The summed E-state index contributed by atoms with van der Waals surface area (Å²) in [5.74, 6) is 0.0305. The molecule has 0 spiro atoms. The molecule has 0 radical (unpaired) electrons. The van der Waals surface area contributed by atoms with Crippen molar-refractivity contribution in [2.24, 2.45) is 5.92 Å². The van der Waals surface area contributed by atoms with Crippen molar-refractivity contribution < 1.29 is 14.3 Å². The van der Waals surface area contributed by atoms with Crippen LogP contribution in [0.5, 0.6) is 0 Å². The van der Waals surface area contributed by atoms with Gasteiger partial charge < -0.3 is 9.52 Å². The van der Waals surface area contributed by atoms with E-state index in [1.807, 2.05) is 26.0 Å². The van der Waals surface area contributed by atoms with Crippen LogP contribution in [-0.2, 0) is 6.42 Å². The van der Waals surface area contributed by atoms with Gasteiger partial charge >= 0.3 is 5.97 Å². The molecule has 0 amide bonds. The second-order valence-electron chi connectivity index (χ2n) is 4.30. The van der Waals surface area contributed by atoms with Crippen LogP contribution in [0.15, 0.2) is 28.7 Å². The normalized spacial score (nSPS) is 11.2. The fourth-order valence-electron chi connectivity index (χ4n) is 1.85. The Bertz CT molecular complexity index is 523. The van der Waals surface area contributed by atoms with Crippen molar-refractivity contribution in [2.75, 3.05) is 0 Å². The molecule has 0 aliphatic rings. The highest BCUT2D eigenvalue weighted by atomic mass is 16.4. The Balaban J connectivity index is 2.63. The van der Waals surface area contributed by atoms with Gasteiger partial charge in [0.15, 0.2) is 0 Å². The van der Waals surface area contributed by atoms with E-state index in [4.69, 9.17) is 4.42 Å². The minimum absolute atomic E-state index is 0.310. The second-order valence-corrected chi connectivity index (χ2v) is 4.30. The third-order valence-electron chi connectivity index (χ3n) is 2.48. The SMILES string of the molecule is CC(C)Cc1oc2ccccc2c1C(=O)O. The summed E-state index contributed by atoms with van der Waals surface area (Å²) in [6, 6.07) is 7.25. The van der Waals surface area contributed by atoms with Crippen LogP contribution in [0.2, 0.25) is 0 Å². The van der Waals surface area contributed by atoms with Crippen LogP contribution in [0.25, 0.3) is 11.0 Å². The van der Waals surface area contributed by atoms with Crippen LogP contribution in [-0.4, -0.2) is 11.1 Å². The molecule has 3 nitrogen and oxygen atoms in total. The summed E-state index contributed by atoms with van der Waals surface area (Å²) in [4.78, 5) is 11.2. The van der Waals surface area contributed by atoms with Gasteiger partial charge in [-0.2, -0.15) is 0 Å². The van der Waals surface area contributed by atoms with Crippen molar-refractivity contribution in [3.05, 3.63) is 35.6 Å². The van der Waals surface area contributed by atoms with E-state index >= 15 is 0 Å². The number of fused-ring (bicyclic) bond motifs is 1. The molecule has 1 heterocycles. The van der Waals surface area contributed by atoms with Crippen LogP contribution in [0.3, 0.4) is 0 Å². The molecule has 0 aliphatic carbocycles. The number of para-hydroxylation sites is 1. The van der Waals surface area contributed by atoms with E-state index in [1.165, 1.54) is 0 Å². The quantitative estimate of drug-likeness (QED) is 0.859. The number of carboxylic acid groups (broad SMARTS) is 1. The molecule has 16 heavy (non-hydrogen) atoms.